The summed E-state index contributed by atoms with van der Waals surface area (Å²) in [5, 5.41) is 4.44. The third-order valence-corrected chi connectivity index (χ3v) is 4.64. The number of hydrogen-bond acceptors (Lipinski definition) is 3. The fourth-order valence-electron chi connectivity index (χ4n) is 3.38. The van der Waals surface area contributed by atoms with E-state index in [4.69, 9.17) is 16.3 Å². The summed E-state index contributed by atoms with van der Waals surface area (Å²) in [4.78, 5) is 2.53. The van der Waals surface area contributed by atoms with Crippen LogP contribution in [0.3, 0.4) is 0 Å². The van der Waals surface area contributed by atoms with Crippen LogP contribution in [-0.2, 0) is 6.54 Å². The summed E-state index contributed by atoms with van der Waals surface area (Å²) in [6, 6.07) is 7.45. The monoisotopic (exact) mass is 330 g/mol. The Morgan fingerprint density at radius 2 is 2.10 bits per heavy atom. The maximum absolute atomic E-state index is 6.27. The molecule has 2 atom stereocenters. The van der Waals surface area contributed by atoms with Crippen LogP contribution in [0, 0.1) is 0 Å². The third kappa shape index (κ3) is 4.04. The van der Waals surface area contributed by atoms with E-state index in [1.165, 1.54) is 24.8 Å². The van der Waals surface area contributed by atoms with E-state index in [9.17, 15) is 0 Å². The van der Waals surface area contributed by atoms with Crippen LogP contribution in [0.5, 0.6) is 5.75 Å². The van der Waals surface area contributed by atoms with Gasteiger partial charge in [0.05, 0.1) is 11.6 Å². The first-order chi connectivity index (χ1) is 9.76. The molecule has 3 rings (SSSR count). The maximum Gasteiger partial charge on any atom is 0.142 e. The molecule has 0 amide bonds. The number of nitrogens with one attached hydrogen (secondary N) is 1. The van der Waals surface area contributed by atoms with Crippen molar-refractivity contribution in [1.82, 2.24) is 10.2 Å². The van der Waals surface area contributed by atoms with Crippen LogP contribution in [0.1, 0.15) is 31.7 Å². The van der Waals surface area contributed by atoms with E-state index in [1.54, 1.807) is 0 Å². The number of nitrogens with zero attached hydrogens (tertiary/aromatic N) is 1. The lowest BCUT2D eigenvalue weighted by molar-refractivity contribution is 0.244. The van der Waals surface area contributed by atoms with Gasteiger partial charge in [-0.3, -0.25) is 4.90 Å². The average molecular weight is 331 g/mol. The molecule has 2 aliphatic rings. The van der Waals surface area contributed by atoms with Gasteiger partial charge in [-0.25, -0.2) is 0 Å². The van der Waals surface area contributed by atoms with Gasteiger partial charge in [0, 0.05) is 37.3 Å². The van der Waals surface area contributed by atoms with Crippen LogP contribution in [-0.4, -0.2) is 36.7 Å². The summed E-state index contributed by atoms with van der Waals surface area (Å²) >= 11 is 6.27. The van der Waals surface area contributed by atoms with Crippen molar-refractivity contribution >= 4 is 24.0 Å². The maximum atomic E-state index is 6.27. The second kappa shape index (κ2) is 7.68. The largest absolute Gasteiger partial charge is 0.492 e. The fourth-order valence-corrected chi connectivity index (χ4v) is 3.63. The van der Waals surface area contributed by atoms with Crippen molar-refractivity contribution in [1.29, 1.82) is 0 Å². The summed E-state index contributed by atoms with van der Waals surface area (Å²) in [6.07, 6.45) is 3.91. The molecular formula is C16H24Cl2N2O. The zero-order valence-corrected chi connectivity index (χ0v) is 14.1. The molecule has 1 N–H and O–H groups in total. The molecule has 118 valence electrons. The van der Waals surface area contributed by atoms with Gasteiger partial charge in [0.1, 0.15) is 5.75 Å². The molecule has 1 aromatic rings. The first-order valence-corrected chi connectivity index (χ1v) is 8.02. The SMILES string of the molecule is CCOc1c(Cl)cccc1CN1CCC2CCC(C1)N2.Cl. The highest BCUT2D eigenvalue weighted by atomic mass is 35.5. The second-order valence-electron chi connectivity index (χ2n) is 5.82. The average Bonchev–Trinajstić information content (AvgIpc) is 2.77. The molecule has 2 unspecified atom stereocenters. The van der Waals surface area contributed by atoms with Gasteiger partial charge < -0.3 is 10.1 Å². The van der Waals surface area contributed by atoms with Crippen LogP contribution in [0.2, 0.25) is 5.02 Å². The lowest BCUT2D eigenvalue weighted by Gasteiger charge is -2.25. The topological polar surface area (TPSA) is 24.5 Å². The predicted molar refractivity (Wildman–Crippen MR) is 89.7 cm³/mol. The fraction of sp³-hybridized carbons (Fsp3) is 0.625. The first-order valence-electron chi connectivity index (χ1n) is 7.65. The molecule has 0 aliphatic carbocycles. The van der Waals surface area contributed by atoms with Crippen LogP contribution >= 0.6 is 24.0 Å². The molecule has 0 aromatic heterocycles. The van der Waals surface area contributed by atoms with E-state index >= 15 is 0 Å². The molecule has 0 radical (unpaired) electrons. The number of halogens is 2. The zero-order chi connectivity index (χ0) is 13.9. The van der Waals surface area contributed by atoms with E-state index in [0.717, 1.165) is 36.4 Å². The highest BCUT2D eigenvalue weighted by molar-refractivity contribution is 6.32. The van der Waals surface area contributed by atoms with Crippen molar-refractivity contribution in [2.45, 2.75) is 44.8 Å². The van der Waals surface area contributed by atoms with Crippen molar-refractivity contribution in [2.24, 2.45) is 0 Å². The minimum Gasteiger partial charge on any atom is -0.492 e. The molecule has 2 aliphatic heterocycles. The molecule has 2 heterocycles. The second-order valence-corrected chi connectivity index (χ2v) is 6.23. The molecule has 0 saturated carbocycles. The van der Waals surface area contributed by atoms with Gasteiger partial charge in [-0.1, -0.05) is 23.7 Å². The summed E-state index contributed by atoms with van der Waals surface area (Å²) in [5.41, 5.74) is 1.21. The summed E-state index contributed by atoms with van der Waals surface area (Å²) in [7, 11) is 0. The molecule has 5 heteroatoms. The number of likely N-dealkylation sites (tertiary alicyclic amines) is 1. The lowest BCUT2D eigenvalue weighted by Crippen LogP contribution is -2.35. The Hall–Kier alpha value is -0.480. The van der Waals surface area contributed by atoms with Gasteiger partial charge in [-0.15, -0.1) is 12.4 Å². The van der Waals surface area contributed by atoms with E-state index in [2.05, 4.69) is 16.3 Å². The van der Waals surface area contributed by atoms with Crippen molar-refractivity contribution in [3.8, 4) is 5.75 Å². The molecule has 0 spiro atoms. The molecule has 21 heavy (non-hydrogen) atoms. The lowest BCUT2D eigenvalue weighted by atomic mass is 10.1. The van der Waals surface area contributed by atoms with Gasteiger partial charge >= 0.3 is 0 Å². The van der Waals surface area contributed by atoms with E-state index in [0.29, 0.717) is 12.6 Å². The van der Waals surface area contributed by atoms with Crippen LogP contribution in [0.4, 0.5) is 0 Å². The van der Waals surface area contributed by atoms with E-state index < -0.39 is 0 Å². The van der Waals surface area contributed by atoms with Gasteiger partial charge in [-0.05, 0) is 32.3 Å². The standard InChI is InChI=1S/C16H23ClN2O.ClH/c1-2-20-16-12(4-3-5-15(16)17)10-19-9-8-13-6-7-14(11-19)18-13;/h3-5,13-14,18H,2,6-11H2,1H3;1H. The number of para-hydroxylation sites is 1. The van der Waals surface area contributed by atoms with Gasteiger partial charge in [0.2, 0.25) is 0 Å². The van der Waals surface area contributed by atoms with Crippen LogP contribution in [0.15, 0.2) is 18.2 Å². The minimum absolute atomic E-state index is 0. The highest BCUT2D eigenvalue weighted by Crippen LogP contribution is 2.30. The van der Waals surface area contributed by atoms with Crippen LogP contribution < -0.4 is 10.1 Å². The van der Waals surface area contributed by atoms with E-state index in [-0.39, 0.29) is 12.4 Å². The third-order valence-electron chi connectivity index (χ3n) is 4.34. The smallest absolute Gasteiger partial charge is 0.142 e. The zero-order valence-electron chi connectivity index (χ0n) is 12.5. The van der Waals surface area contributed by atoms with Gasteiger partial charge in [-0.2, -0.15) is 0 Å². The van der Waals surface area contributed by atoms with Gasteiger partial charge in [0.25, 0.3) is 0 Å². The minimum atomic E-state index is 0. The number of benzene rings is 1. The number of ether oxygens (including phenoxy) is 1. The molecular weight excluding hydrogens is 307 g/mol. The Balaban J connectivity index is 0.00000161. The molecule has 3 nitrogen and oxygen atoms in total. The van der Waals surface area contributed by atoms with Gasteiger partial charge in [0.15, 0.2) is 0 Å². The quantitative estimate of drug-likeness (QED) is 0.914. The Morgan fingerprint density at radius 3 is 2.90 bits per heavy atom. The predicted octanol–water partition coefficient (Wildman–Crippen LogP) is 3.49. The Bertz CT molecular complexity index is 470. The normalized spacial score (nSPS) is 25.2. The van der Waals surface area contributed by atoms with Crippen molar-refractivity contribution in [3.05, 3.63) is 28.8 Å². The Morgan fingerprint density at radius 1 is 1.29 bits per heavy atom. The van der Waals surface area contributed by atoms with E-state index in [1.807, 2.05) is 19.1 Å². The molecule has 1 aromatic carbocycles. The Labute approximate surface area is 138 Å². The summed E-state index contributed by atoms with van der Waals surface area (Å²) in [6.45, 7) is 5.88. The summed E-state index contributed by atoms with van der Waals surface area (Å²) in [5.74, 6) is 0.860. The highest BCUT2D eigenvalue weighted by Gasteiger charge is 2.29. The van der Waals surface area contributed by atoms with Crippen molar-refractivity contribution in [3.63, 3.8) is 0 Å². The molecule has 2 saturated heterocycles. The molecule has 2 fully saturated rings. The Kier molecular flexibility index (Phi) is 6.18. The number of rotatable bonds is 4. The first kappa shape index (κ1) is 16.9. The van der Waals surface area contributed by atoms with Crippen molar-refractivity contribution < 1.29 is 4.74 Å². The molecule has 2 bridgehead atoms. The van der Waals surface area contributed by atoms with Crippen molar-refractivity contribution in [2.75, 3.05) is 19.7 Å². The number of fused-ring (bicyclic) bond motifs is 2. The number of hydrogen-bond donors (Lipinski definition) is 1. The summed E-state index contributed by atoms with van der Waals surface area (Å²) < 4.78 is 5.73. The van der Waals surface area contributed by atoms with Crippen LogP contribution in [0.25, 0.3) is 0 Å².